The van der Waals surface area contributed by atoms with Gasteiger partial charge in [0.25, 0.3) is 5.91 Å². The van der Waals surface area contributed by atoms with Crippen LogP contribution in [0.3, 0.4) is 0 Å². The average molecular weight is 309 g/mol. The van der Waals surface area contributed by atoms with E-state index in [0.717, 1.165) is 43.1 Å². The molecule has 1 amide bonds. The molecule has 2 N–H and O–H groups in total. The monoisotopic (exact) mass is 309 g/mol. The molecular formula is C17H23F2N2O+. The van der Waals surface area contributed by atoms with Crippen LogP contribution in [-0.2, 0) is 4.79 Å². The van der Waals surface area contributed by atoms with Gasteiger partial charge in [-0.05, 0) is 37.3 Å². The molecule has 1 aromatic carbocycles. The van der Waals surface area contributed by atoms with Crippen LogP contribution in [0, 0.1) is 23.5 Å². The Hall–Kier alpha value is -1.49. The molecule has 5 heteroatoms. The molecule has 1 heterocycles. The number of rotatable bonds is 3. The maximum Gasteiger partial charge on any atom is 0.279 e. The number of halogens is 2. The Bertz CT molecular complexity index is 549. The van der Waals surface area contributed by atoms with Crippen LogP contribution in [-0.4, -0.2) is 25.5 Å². The quantitative estimate of drug-likeness (QED) is 0.880. The smallest absolute Gasteiger partial charge is 0.279 e. The second-order valence-electron chi connectivity index (χ2n) is 6.65. The number of piperidine rings is 1. The Labute approximate surface area is 129 Å². The molecule has 1 saturated carbocycles. The van der Waals surface area contributed by atoms with Gasteiger partial charge in [0.1, 0.15) is 11.6 Å². The third-order valence-electron chi connectivity index (χ3n) is 5.10. The van der Waals surface area contributed by atoms with E-state index >= 15 is 0 Å². The molecule has 2 fully saturated rings. The number of anilines is 1. The molecule has 3 atom stereocenters. The van der Waals surface area contributed by atoms with E-state index in [1.165, 1.54) is 37.0 Å². The van der Waals surface area contributed by atoms with Crippen LogP contribution >= 0.6 is 0 Å². The molecule has 1 unspecified atom stereocenters. The van der Waals surface area contributed by atoms with Crippen molar-refractivity contribution in [3.05, 3.63) is 29.8 Å². The first-order valence-corrected chi connectivity index (χ1v) is 8.20. The summed E-state index contributed by atoms with van der Waals surface area (Å²) >= 11 is 0. The molecule has 0 aromatic heterocycles. The van der Waals surface area contributed by atoms with Crippen LogP contribution in [0.25, 0.3) is 0 Å². The van der Waals surface area contributed by atoms with Gasteiger partial charge in [-0.1, -0.05) is 12.8 Å². The van der Waals surface area contributed by atoms with E-state index in [1.54, 1.807) is 0 Å². The largest absolute Gasteiger partial charge is 0.327 e. The number of benzene rings is 1. The number of hydrogen-bond acceptors (Lipinski definition) is 1. The Kier molecular flexibility index (Phi) is 4.71. The first kappa shape index (κ1) is 15.4. The molecular weight excluding hydrogens is 286 g/mol. The van der Waals surface area contributed by atoms with Crippen LogP contribution in [0.15, 0.2) is 18.2 Å². The first-order valence-electron chi connectivity index (χ1n) is 8.20. The fourth-order valence-corrected chi connectivity index (χ4v) is 3.97. The van der Waals surface area contributed by atoms with E-state index in [4.69, 9.17) is 0 Å². The van der Waals surface area contributed by atoms with Crippen molar-refractivity contribution < 1.29 is 18.5 Å². The van der Waals surface area contributed by atoms with Gasteiger partial charge < -0.3 is 10.2 Å². The standard InChI is InChI=1S/C17H22F2N2O/c18-14-5-6-15(19)16(9-14)20-17(22)11-21-8-7-12-3-1-2-4-13(12)10-21/h5-6,9,12-13H,1-4,7-8,10-11H2,(H,20,22)/p+1/t12-,13+/m0/s1. The van der Waals surface area contributed by atoms with E-state index in [0.29, 0.717) is 6.54 Å². The van der Waals surface area contributed by atoms with Gasteiger partial charge in [0.05, 0.1) is 18.8 Å². The highest BCUT2D eigenvalue weighted by Gasteiger charge is 2.34. The van der Waals surface area contributed by atoms with Crippen molar-refractivity contribution in [1.29, 1.82) is 0 Å². The van der Waals surface area contributed by atoms with E-state index in [-0.39, 0.29) is 11.6 Å². The van der Waals surface area contributed by atoms with Crippen molar-refractivity contribution in [2.45, 2.75) is 32.1 Å². The fraction of sp³-hybridized carbons (Fsp3) is 0.588. The SMILES string of the molecule is O=C(C[NH+]1CC[C@@H]2CCCC[C@@H]2C1)Nc1cc(F)ccc1F. The summed E-state index contributed by atoms with van der Waals surface area (Å²) in [6.45, 7) is 2.36. The van der Waals surface area contributed by atoms with Gasteiger partial charge in [0.2, 0.25) is 0 Å². The molecule has 0 spiro atoms. The van der Waals surface area contributed by atoms with Crippen LogP contribution in [0.2, 0.25) is 0 Å². The van der Waals surface area contributed by atoms with Crippen LogP contribution < -0.4 is 10.2 Å². The van der Waals surface area contributed by atoms with Gasteiger partial charge in [-0.15, -0.1) is 0 Å². The summed E-state index contributed by atoms with van der Waals surface area (Å²) in [6, 6.07) is 3.10. The van der Waals surface area contributed by atoms with E-state index in [2.05, 4.69) is 5.32 Å². The highest BCUT2D eigenvalue weighted by Crippen LogP contribution is 2.32. The fourth-order valence-electron chi connectivity index (χ4n) is 3.97. The summed E-state index contributed by atoms with van der Waals surface area (Å²) in [6.07, 6.45) is 6.43. The Morgan fingerprint density at radius 2 is 1.95 bits per heavy atom. The summed E-state index contributed by atoms with van der Waals surface area (Å²) < 4.78 is 26.7. The molecule has 0 bridgehead atoms. The van der Waals surface area contributed by atoms with Gasteiger partial charge >= 0.3 is 0 Å². The summed E-state index contributed by atoms with van der Waals surface area (Å²) in [5, 5.41) is 2.50. The molecule has 1 aromatic rings. The highest BCUT2D eigenvalue weighted by molar-refractivity contribution is 5.91. The third-order valence-corrected chi connectivity index (χ3v) is 5.10. The topological polar surface area (TPSA) is 33.5 Å². The Balaban J connectivity index is 1.54. The zero-order chi connectivity index (χ0) is 15.5. The van der Waals surface area contributed by atoms with E-state index in [1.807, 2.05) is 0 Å². The molecule has 0 radical (unpaired) electrons. The van der Waals surface area contributed by atoms with Crippen molar-refractivity contribution in [3.8, 4) is 0 Å². The van der Waals surface area contributed by atoms with E-state index in [9.17, 15) is 13.6 Å². The predicted molar refractivity (Wildman–Crippen MR) is 80.6 cm³/mol. The summed E-state index contributed by atoms with van der Waals surface area (Å²) in [7, 11) is 0. The molecule has 3 nitrogen and oxygen atoms in total. The maximum absolute atomic E-state index is 13.5. The molecule has 3 rings (SSSR count). The summed E-state index contributed by atoms with van der Waals surface area (Å²) in [5.41, 5.74) is -0.0723. The number of carbonyl (C=O) groups excluding carboxylic acids is 1. The molecule has 1 aliphatic heterocycles. The maximum atomic E-state index is 13.5. The van der Waals surface area contributed by atoms with Gasteiger partial charge in [0.15, 0.2) is 6.54 Å². The number of likely N-dealkylation sites (tertiary alicyclic amines) is 1. The van der Waals surface area contributed by atoms with Gasteiger partial charge in [-0.2, -0.15) is 0 Å². The van der Waals surface area contributed by atoms with Crippen LogP contribution in [0.4, 0.5) is 14.5 Å². The zero-order valence-electron chi connectivity index (χ0n) is 12.7. The van der Waals surface area contributed by atoms with Crippen molar-refractivity contribution in [2.75, 3.05) is 25.0 Å². The zero-order valence-corrected chi connectivity index (χ0v) is 12.7. The minimum atomic E-state index is -0.601. The summed E-state index contributed by atoms with van der Waals surface area (Å²) in [4.78, 5) is 13.3. The van der Waals surface area contributed by atoms with Crippen molar-refractivity contribution in [3.63, 3.8) is 0 Å². The second kappa shape index (κ2) is 6.73. The lowest BCUT2D eigenvalue weighted by Gasteiger charge is -2.38. The average Bonchev–Trinajstić information content (AvgIpc) is 2.51. The lowest BCUT2D eigenvalue weighted by atomic mass is 9.75. The number of carbonyl (C=O) groups is 1. The molecule has 22 heavy (non-hydrogen) atoms. The van der Waals surface area contributed by atoms with Gasteiger partial charge in [0, 0.05) is 12.0 Å². The summed E-state index contributed by atoms with van der Waals surface area (Å²) in [5.74, 6) is 0.175. The first-order chi connectivity index (χ1) is 10.6. The lowest BCUT2D eigenvalue weighted by Crippen LogP contribution is -3.15. The molecule has 1 aliphatic carbocycles. The highest BCUT2D eigenvalue weighted by atomic mass is 19.1. The Morgan fingerprint density at radius 3 is 2.77 bits per heavy atom. The molecule has 1 saturated heterocycles. The Morgan fingerprint density at radius 1 is 1.18 bits per heavy atom. The number of nitrogens with one attached hydrogen (secondary N) is 2. The number of quaternary nitrogens is 1. The number of amides is 1. The minimum absolute atomic E-state index is 0.0723. The number of hydrogen-bond donors (Lipinski definition) is 2. The lowest BCUT2D eigenvalue weighted by molar-refractivity contribution is -0.902. The van der Waals surface area contributed by atoms with Crippen LogP contribution in [0.1, 0.15) is 32.1 Å². The van der Waals surface area contributed by atoms with E-state index < -0.39 is 11.6 Å². The van der Waals surface area contributed by atoms with Crippen LogP contribution in [0.5, 0.6) is 0 Å². The third kappa shape index (κ3) is 3.64. The number of fused-ring (bicyclic) bond motifs is 1. The van der Waals surface area contributed by atoms with Gasteiger partial charge in [-0.25, -0.2) is 8.78 Å². The second-order valence-corrected chi connectivity index (χ2v) is 6.65. The van der Waals surface area contributed by atoms with Crippen molar-refractivity contribution in [1.82, 2.24) is 0 Å². The van der Waals surface area contributed by atoms with Crippen molar-refractivity contribution in [2.24, 2.45) is 11.8 Å². The predicted octanol–water partition coefficient (Wildman–Crippen LogP) is 2.00. The minimum Gasteiger partial charge on any atom is -0.327 e. The van der Waals surface area contributed by atoms with Gasteiger partial charge in [-0.3, -0.25) is 4.79 Å². The molecule has 2 aliphatic rings. The molecule has 120 valence electrons. The van der Waals surface area contributed by atoms with Crippen molar-refractivity contribution >= 4 is 11.6 Å². The normalized spacial score (nSPS) is 28.0.